The molecular weight excluding hydrogens is 503 g/mol. The maximum absolute atomic E-state index is 12.7. The molecule has 0 bridgehead atoms. The second-order valence-electron chi connectivity index (χ2n) is 7.44. The number of sulfone groups is 1. The lowest BCUT2D eigenvalue weighted by Gasteiger charge is -2.26. The Hall–Kier alpha value is -1.36. The summed E-state index contributed by atoms with van der Waals surface area (Å²) < 4.78 is 22.6. The van der Waals surface area contributed by atoms with E-state index < -0.39 is 9.84 Å². The van der Waals surface area contributed by atoms with Crippen LogP contribution >= 0.6 is 24.0 Å². The largest absolute Gasteiger partial charge is 0.354 e. The number of carbonyl (C=O) groups excluding carboxylic acids is 1. The molecule has 0 aliphatic carbocycles. The number of benzene rings is 1. The Bertz CT molecular complexity index is 793. The van der Waals surface area contributed by atoms with Crippen LogP contribution < -0.4 is 10.6 Å². The van der Waals surface area contributed by atoms with Gasteiger partial charge in [0.25, 0.3) is 5.91 Å². The molecular formula is C20H33IN4O3S. The first kappa shape index (κ1) is 25.7. The number of piperidine rings is 1. The third kappa shape index (κ3) is 9.33. The highest BCUT2D eigenvalue weighted by molar-refractivity contribution is 14.0. The number of hydrogen-bond acceptors (Lipinski definition) is 4. The number of likely N-dealkylation sites (tertiary alicyclic amines) is 1. The monoisotopic (exact) mass is 536 g/mol. The van der Waals surface area contributed by atoms with Crippen molar-refractivity contribution in [1.29, 1.82) is 0 Å². The fourth-order valence-electron chi connectivity index (χ4n) is 3.17. The molecule has 1 aliphatic rings. The summed E-state index contributed by atoms with van der Waals surface area (Å²) in [5, 5.41) is 6.42. The van der Waals surface area contributed by atoms with Gasteiger partial charge in [-0.2, -0.15) is 0 Å². The summed E-state index contributed by atoms with van der Waals surface area (Å²) >= 11 is 0. The Balaban J connectivity index is 0.00000420. The van der Waals surface area contributed by atoms with Crippen LogP contribution in [0, 0.1) is 0 Å². The average molecular weight is 536 g/mol. The average Bonchev–Trinajstić information content (AvgIpc) is 2.69. The fraction of sp³-hybridized carbons (Fsp3) is 0.600. The van der Waals surface area contributed by atoms with Crippen molar-refractivity contribution in [3.05, 3.63) is 35.4 Å². The van der Waals surface area contributed by atoms with E-state index in [9.17, 15) is 13.2 Å². The van der Waals surface area contributed by atoms with Crippen molar-refractivity contribution in [3.8, 4) is 0 Å². The molecule has 1 aromatic carbocycles. The predicted molar refractivity (Wildman–Crippen MR) is 129 cm³/mol. The van der Waals surface area contributed by atoms with Crippen LogP contribution in [0.4, 0.5) is 0 Å². The summed E-state index contributed by atoms with van der Waals surface area (Å²) in [5.41, 5.74) is 1.71. The van der Waals surface area contributed by atoms with Gasteiger partial charge in [0, 0.05) is 44.5 Å². The number of aliphatic imine (C=N–C) groups is 1. The first-order chi connectivity index (χ1) is 13.3. The molecule has 29 heavy (non-hydrogen) atoms. The van der Waals surface area contributed by atoms with Gasteiger partial charge in [-0.05, 0) is 50.3 Å². The summed E-state index contributed by atoms with van der Waals surface area (Å²) in [6.07, 6.45) is 5.10. The molecule has 1 atom stereocenters. The molecule has 1 saturated heterocycles. The molecule has 1 aliphatic heterocycles. The minimum atomic E-state index is -2.98. The van der Waals surface area contributed by atoms with Crippen molar-refractivity contribution >= 4 is 45.7 Å². The van der Waals surface area contributed by atoms with Crippen LogP contribution in [-0.4, -0.2) is 63.4 Å². The lowest BCUT2D eigenvalue weighted by molar-refractivity contribution is 0.0724. The van der Waals surface area contributed by atoms with E-state index in [4.69, 9.17) is 0 Å². The summed E-state index contributed by atoms with van der Waals surface area (Å²) in [5.74, 6) is 0.839. The van der Waals surface area contributed by atoms with E-state index in [1.165, 1.54) is 12.7 Å². The van der Waals surface area contributed by atoms with E-state index in [0.717, 1.165) is 31.5 Å². The molecule has 1 fully saturated rings. The number of nitrogens with one attached hydrogen (secondary N) is 2. The Morgan fingerprint density at radius 2 is 1.93 bits per heavy atom. The molecule has 2 N–H and O–H groups in total. The minimum Gasteiger partial charge on any atom is -0.354 e. The highest BCUT2D eigenvalue weighted by Gasteiger charge is 2.18. The van der Waals surface area contributed by atoms with Gasteiger partial charge < -0.3 is 15.5 Å². The number of nitrogens with zero attached hydrogens (tertiary/aromatic N) is 2. The highest BCUT2D eigenvalue weighted by Crippen LogP contribution is 2.14. The van der Waals surface area contributed by atoms with E-state index in [0.29, 0.717) is 24.5 Å². The maximum Gasteiger partial charge on any atom is 0.253 e. The van der Waals surface area contributed by atoms with Gasteiger partial charge in [0.2, 0.25) is 0 Å². The van der Waals surface area contributed by atoms with Gasteiger partial charge >= 0.3 is 0 Å². The predicted octanol–water partition coefficient (Wildman–Crippen LogP) is 2.42. The van der Waals surface area contributed by atoms with Crippen molar-refractivity contribution in [1.82, 2.24) is 15.5 Å². The standard InChI is InChI=1S/C20H32N4O3S.HI/c1-16(10-13-28(3,26)27)23-20(21-2)22-15-17-8-7-9-18(14-17)19(25)24-11-5-4-6-12-24;/h7-9,14,16H,4-6,10-13,15H2,1-3H3,(H2,21,22,23);1H. The number of guanidine groups is 1. The van der Waals surface area contributed by atoms with Crippen LogP contribution in [0.3, 0.4) is 0 Å². The van der Waals surface area contributed by atoms with E-state index in [1.807, 2.05) is 36.1 Å². The Kier molecular flexibility index (Phi) is 10.9. The topological polar surface area (TPSA) is 90.9 Å². The zero-order valence-corrected chi connectivity index (χ0v) is 20.6. The smallest absolute Gasteiger partial charge is 0.253 e. The Labute approximate surface area is 191 Å². The van der Waals surface area contributed by atoms with Gasteiger partial charge in [-0.25, -0.2) is 8.42 Å². The van der Waals surface area contributed by atoms with Crippen LogP contribution in [0.25, 0.3) is 0 Å². The molecule has 1 unspecified atom stereocenters. The van der Waals surface area contributed by atoms with Gasteiger partial charge in [-0.15, -0.1) is 24.0 Å². The zero-order chi connectivity index (χ0) is 20.6. The summed E-state index contributed by atoms with van der Waals surface area (Å²) in [4.78, 5) is 18.8. The lowest BCUT2D eigenvalue weighted by Crippen LogP contribution is -2.42. The van der Waals surface area contributed by atoms with E-state index in [1.54, 1.807) is 7.05 Å². The molecule has 7 nitrogen and oxygen atoms in total. The van der Waals surface area contributed by atoms with Crippen LogP contribution in [-0.2, 0) is 16.4 Å². The molecule has 0 spiro atoms. The van der Waals surface area contributed by atoms with Gasteiger partial charge in [-0.3, -0.25) is 9.79 Å². The van der Waals surface area contributed by atoms with Gasteiger partial charge in [0.15, 0.2) is 5.96 Å². The van der Waals surface area contributed by atoms with Crippen molar-refractivity contribution in [2.45, 2.75) is 45.2 Å². The SMILES string of the molecule is CN=C(NCc1cccc(C(=O)N2CCCCC2)c1)NC(C)CCS(C)(=O)=O.I. The van der Waals surface area contributed by atoms with Crippen LogP contribution in [0.1, 0.15) is 48.5 Å². The van der Waals surface area contributed by atoms with Gasteiger partial charge in [-0.1, -0.05) is 12.1 Å². The highest BCUT2D eigenvalue weighted by atomic mass is 127. The number of rotatable bonds is 7. The van der Waals surface area contributed by atoms with Crippen LogP contribution in [0.2, 0.25) is 0 Å². The second-order valence-corrected chi connectivity index (χ2v) is 9.70. The molecule has 0 aromatic heterocycles. The molecule has 2 rings (SSSR count). The first-order valence-corrected chi connectivity index (χ1v) is 11.9. The molecule has 1 aromatic rings. The van der Waals surface area contributed by atoms with Crippen molar-refractivity contribution in [3.63, 3.8) is 0 Å². The normalized spacial score (nSPS) is 16.0. The number of carbonyl (C=O) groups is 1. The molecule has 1 amide bonds. The van der Waals surface area contributed by atoms with Crippen molar-refractivity contribution in [2.75, 3.05) is 32.1 Å². The lowest BCUT2D eigenvalue weighted by atomic mass is 10.1. The number of halogens is 1. The maximum atomic E-state index is 12.7. The third-order valence-corrected chi connectivity index (χ3v) is 5.78. The van der Waals surface area contributed by atoms with Gasteiger partial charge in [0.05, 0.1) is 5.75 Å². The third-order valence-electron chi connectivity index (χ3n) is 4.81. The fourth-order valence-corrected chi connectivity index (χ4v) is 3.95. The number of amides is 1. The molecule has 0 radical (unpaired) electrons. The van der Waals surface area contributed by atoms with Crippen LogP contribution in [0.5, 0.6) is 0 Å². The van der Waals surface area contributed by atoms with Crippen LogP contribution in [0.15, 0.2) is 29.3 Å². The molecule has 0 saturated carbocycles. The zero-order valence-electron chi connectivity index (χ0n) is 17.5. The summed E-state index contributed by atoms with van der Waals surface area (Å²) in [6, 6.07) is 7.64. The van der Waals surface area contributed by atoms with Crippen molar-refractivity contribution in [2.24, 2.45) is 4.99 Å². The quantitative estimate of drug-likeness (QED) is 0.318. The van der Waals surface area contributed by atoms with E-state index in [-0.39, 0.29) is 41.7 Å². The van der Waals surface area contributed by atoms with Crippen molar-refractivity contribution < 1.29 is 13.2 Å². The first-order valence-electron chi connectivity index (χ1n) is 9.81. The Morgan fingerprint density at radius 1 is 1.24 bits per heavy atom. The Morgan fingerprint density at radius 3 is 2.55 bits per heavy atom. The summed E-state index contributed by atoms with van der Waals surface area (Å²) in [7, 11) is -1.30. The second kappa shape index (κ2) is 12.4. The van der Waals surface area contributed by atoms with Gasteiger partial charge in [0.1, 0.15) is 9.84 Å². The molecule has 164 valence electrons. The number of hydrogen-bond donors (Lipinski definition) is 2. The molecule has 9 heteroatoms. The van der Waals surface area contributed by atoms with E-state index >= 15 is 0 Å². The van der Waals surface area contributed by atoms with E-state index in [2.05, 4.69) is 15.6 Å². The summed E-state index contributed by atoms with van der Waals surface area (Å²) in [6.45, 7) is 4.13. The minimum absolute atomic E-state index is 0. The molecule has 1 heterocycles.